The maximum absolute atomic E-state index is 11.6. The first-order valence-corrected chi connectivity index (χ1v) is 5.04. The third kappa shape index (κ3) is 1.88. The Bertz CT molecular complexity index is 427. The average Bonchev–Trinajstić information content (AvgIpc) is 2.62. The molecule has 0 unspecified atom stereocenters. The summed E-state index contributed by atoms with van der Waals surface area (Å²) in [4.78, 5) is 28.0. The van der Waals surface area contributed by atoms with Crippen molar-refractivity contribution >= 4 is 17.6 Å². The minimum absolute atomic E-state index is 0.0726. The Morgan fingerprint density at radius 2 is 2.31 bits per heavy atom. The Morgan fingerprint density at radius 1 is 1.56 bits per heavy atom. The van der Waals surface area contributed by atoms with Crippen LogP contribution in [0.25, 0.3) is 0 Å². The molecular weight excluding hydrogens is 208 g/mol. The van der Waals surface area contributed by atoms with Crippen molar-refractivity contribution in [1.82, 2.24) is 4.98 Å². The Balaban J connectivity index is 2.20. The highest BCUT2D eigenvalue weighted by atomic mass is 16.4. The summed E-state index contributed by atoms with van der Waals surface area (Å²) in [6.45, 7) is 2.09. The van der Waals surface area contributed by atoms with Gasteiger partial charge < -0.3 is 10.0 Å². The number of anilines is 1. The van der Waals surface area contributed by atoms with Gasteiger partial charge in [0.15, 0.2) is 0 Å². The van der Waals surface area contributed by atoms with Crippen LogP contribution in [0, 0.1) is 12.8 Å². The molecule has 84 valence electrons. The fraction of sp³-hybridized carbons (Fsp3) is 0.364. The summed E-state index contributed by atoms with van der Waals surface area (Å²) >= 11 is 0. The van der Waals surface area contributed by atoms with Crippen LogP contribution >= 0.6 is 0 Å². The molecule has 1 aliphatic rings. The average molecular weight is 220 g/mol. The van der Waals surface area contributed by atoms with Gasteiger partial charge in [-0.3, -0.25) is 14.6 Å². The summed E-state index contributed by atoms with van der Waals surface area (Å²) < 4.78 is 0. The number of aryl methyl sites for hydroxylation is 1. The molecule has 1 fully saturated rings. The number of carbonyl (C=O) groups excluding carboxylic acids is 1. The largest absolute Gasteiger partial charge is 0.481 e. The smallest absolute Gasteiger partial charge is 0.308 e. The number of aliphatic carboxylic acids is 1. The first-order chi connectivity index (χ1) is 7.58. The minimum Gasteiger partial charge on any atom is -0.481 e. The van der Waals surface area contributed by atoms with Crippen molar-refractivity contribution in [2.24, 2.45) is 5.92 Å². The van der Waals surface area contributed by atoms with Crippen molar-refractivity contribution in [3.05, 3.63) is 24.0 Å². The topological polar surface area (TPSA) is 70.5 Å². The van der Waals surface area contributed by atoms with Crippen molar-refractivity contribution < 1.29 is 14.7 Å². The fourth-order valence-electron chi connectivity index (χ4n) is 1.74. The second-order valence-electron chi connectivity index (χ2n) is 3.90. The van der Waals surface area contributed by atoms with Gasteiger partial charge in [-0.2, -0.15) is 0 Å². The maximum atomic E-state index is 11.6. The van der Waals surface area contributed by atoms with Gasteiger partial charge in [0.05, 0.1) is 17.8 Å². The molecule has 0 radical (unpaired) electrons. The van der Waals surface area contributed by atoms with Crippen LogP contribution in [0.3, 0.4) is 0 Å². The molecule has 0 saturated carbocycles. The zero-order chi connectivity index (χ0) is 11.7. The molecule has 0 bridgehead atoms. The quantitative estimate of drug-likeness (QED) is 0.801. The van der Waals surface area contributed by atoms with E-state index in [0.717, 1.165) is 5.69 Å². The number of carboxylic acid groups (broad SMARTS) is 1. The molecule has 2 heterocycles. The van der Waals surface area contributed by atoms with E-state index in [0.29, 0.717) is 5.69 Å². The Labute approximate surface area is 92.7 Å². The van der Waals surface area contributed by atoms with Gasteiger partial charge in [0.25, 0.3) is 0 Å². The van der Waals surface area contributed by atoms with Gasteiger partial charge in [0.2, 0.25) is 5.91 Å². The molecular formula is C11H12N2O3. The van der Waals surface area contributed by atoms with Crippen LogP contribution in [0.15, 0.2) is 18.3 Å². The normalized spacial score (nSPS) is 20.2. The Hall–Kier alpha value is -1.91. The minimum atomic E-state index is -0.920. The first-order valence-electron chi connectivity index (χ1n) is 5.04. The van der Waals surface area contributed by atoms with Gasteiger partial charge in [-0.05, 0) is 19.1 Å². The van der Waals surface area contributed by atoms with E-state index in [4.69, 9.17) is 5.11 Å². The summed E-state index contributed by atoms with van der Waals surface area (Å²) in [5, 5.41) is 8.85. The molecule has 0 spiro atoms. The van der Waals surface area contributed by atoms with E-state index in [-0.39, 0.29) is 18.9 Å². The highest BCUT2D eigenvalue weighted by Gasteiger charge is 2.35. The molecule has 1 amide bonds. The highest BCUT2D eigenvalue weighted by Crippen LogP contribution is 2.24. The number of nitrogens with zero attached hydrogens (tertiary/aromatic N) is 2. The fourth-order valence-corrected chi connectivity index (χ4v) is 1.74. The van der Waals surface area contributed by atoms with Crippen LogP contribution < -0.4 is 4.90 Å². The SMILES string of the molecule is Cc1ccc(N2C[C@@H](C(=O)O)CC2=O)cn1. The van der Waals surface area contributed by atoms with Crippen molar-refractivity contribution in [2.75, 3.05) is 11.4 Å². The number of hydrogen-bond donors (Lipinski definition) is 1. The molecule has 1 N–H and O–H groups in total. The van der Waals surface area contributed by atoms with Gasteiger partial charge in [-0.1, -0.05) is 0 Å². The van der Waals surface area contributed by atoms with Crippen molar-refractivity contribution in [3.63, 3.8) is 0 Å². The van der Waals surface area contributed by atoms with Crippen LogP contribution in [0.1, 0.15) is 12.1 Å². The monoisotopic (exact) mass is 220 g/mol. The molecule has 5 nitrogen and oxygen atoms in total. The van der Waals surface area contributed by atoms with Crippen LogP contribution in [0.2, 0.25) is 0 Å². The van der Waals surface area contributed by atoms with Crippen molar-refractivity contribution in [2.45, 2.75) is 13.3 Å². The van der Waals surface area contributed by atoms with Crippen molar-refractivity contribution in [1.29, 1.82) is 0 Å². The lowest BCUT2D eigenvalue weighted by Crippen LogP contribution is -2.25. The molecule has 1 aromatic heterocycles. The van der Waals surface area contributed by atoms with Crippen LogP contribution in [-0.4, -0.2) is 28.5 Å². The molecule has 16 heavy (non-hydrogen) atoms. The Morgan fingerprint density at radius 3 is 2.81 bits per heavy atom. The molecule has 0 aromatic carbocycles. The lowest BCUT2D eigenvalue weighted by Gasteiger charge is -2.15. The standard InChI is InChI=1S/C11H12N2O3/c1-7-2-3-9(5-12-7)13-6-8(11(15)16)4-10(13)14/h2-3,5,8H,4,6H2,1H3,(H,15,16)/t8-/m0/s1. The Kier molecular flexibility index (Phi) is 2.60. The van der Waals surface area contributed by atoms with E-state index in [1.165, 1.54) is 4.90 Å². The van der Waals surface area contributed by atoms with E-state index in [2.05, 4.69) is 4.98 Å². The van der Waals surface area contributed by atoms with E-state index in [1.807, 2.05) is 6.92 Å². The van der Waals surface area contributed by atoms with Crippen LogP contribution in [-0.2, 0) is 9.59 Å². The summed E-state index contributed by atoms with van der Waals surface area (Å²) in [6.07, 6.45) is 1.67. The van der Waals surface area contributed by atoms with Gasteiger partial charge in [0, 0.05) is 18.7 Å². The van der Waals surface area contributed by atoms with Gasteiger partial charge in [-0.15, -0.1) is 0 Å². The van der Waals surface area contributed by atoms with Gasteiger partial charge in [-0.25, -0.2) is 0 Å². The third-order valence-electron chi connectivity index (χ3n) is 2.68. The first kappa shape index (κ1) is 10.6. The summed E-state index contributed by atoms with van der Waals surface area (Å²) in [7, 11) is 0. The van der Waals surface area contributed by atoms with Crippen LogP contribution in [0.4, 0.5) is 5.69 Å². The highest BCUT2D eigenvalue weighted by molar-refractivity contribution is 5.99. The number of pyridine rings is 1. The summed E-state index contributed by atoms with van der Waals surface area (Å²) in [5.41, 5.74) is 1.53. The van der Waals surface area contributed by atoms with E-state index in [9.17, 15) is 9.59 Å². The van der Waals surface area contributed by atoms with Crippen LogP contribution in [0.5, 0.6) is 0 Å². The predicted molar refractivity (Wildman–Crippen MR) is 57.1 cm³/mol. The summed E-state index contributed by atoms with van der Waals surface area (Å²) in [6, 6.07) is 3.58. The molecule has 0 aliphatic carbocycles. The van der Waals surface area contributed by atoms with E-state index >= 15 is 0 Å². The zero-order valence-corrected chi connectivity index (χ0v) is 8.88. The number of aromatic nitrogens is 1. The van der Waals surface area contributed by atoms with Gasteiger partial charge >= 0.3 is 5.97 Å². The number of rotatable bonds is 2. The van der Waals surface area contributed by atoms with Crippen molar-refractivity contribution in [3.8, 4) is 0 Å². The molecule has 2 rings (SSSR count). The van der Waals surface area contributed by atoms with E-state index < -0.39 is 11.9 Å². The molecule has 1 aromatic rings. The maximum Gasteiger partial charge on any atom is 0.308 e. The molecule has 1 saturated heterocycles. The van der Waals surface area contributed by atoms with Gasteiger partial charge in [0.1, 0.15) is 0 Å². The predicted octanol–water partition coefficient (Wildman–Crippen LogP) is 0.828. The lowest BCUT2D eigenvalue weighted by molar-refractivity contribution is -0.141. The lowest BCUT2D eigenvalue weighted by atomic mass is 10.1. The number of carbonyl (C=O) groups is 2. The second-order valence-corrected chi connectivity index (χ2v) is 3.90. The number of amides is 1. The van der Waals surface area contributed by atoms with E-state index in [1.54, 1.807) is 18.3 Å². The third-order valence-corrected chi connectivity index (χ3v) is 2.68. The molecule has 1 aliphatic heterocycles. The molecule has 5 heteroatoms. The number of hydrogen-bond acceptors (Lipinski definition) is 3. The molecule has 1 atom stereocenters. The number of carboxylic acids is 1. The second kappa shape index (κ2) is 3.92. The zero-order valence-electron chi connectivity index (χ0n) is 8.88. The summed E-state index contributed by atoms with van der Waals surface area (Å²) in [5.74, 6) is -1.68.